The molecule has 0 radical (unpaired) electrons. The third-order valence-corrected chi connectivity index (χ3v) is 5.96. The Balaban J connectivity index is 1.55. The van der Waals surface area contributed by atoms with Crippen LogP contribution >= 0.6 is 11.3 Å². The number of thiazole rings is 1. The first-order valence-electron chi connectivity index (χ1n) is 10.6. The molecule has 0 amide bonds. The molecule has 0 fully saturated rings. The van der Waals surface area contributed by atoms with Gasteiger partial charge < -0.3 is 5.73 Å². The van der Waals surface area contributed by atoms with Crippen molar-refractivity contribution in [3.63, 3.8) is 0 Å². The molecule has 0 spiro atoms. The predicted octanol–water partition coefficient (Wildman–Crippen LogP) is 7.64. The Morgan fingerprint density at radius 3 is 1.88 bits per heavy atom. The Labute approximate surface area is 164 Å². The molecule has 1 aromatic heterocycles. The van der Waals surface area contributed by atoms with Gasteiger partial charge in [-0.2, -0.15) is 0 Å². The van der Waals surface area contributed by atoms with Gasteiger partial charge in [0, 0.05) is 10.4 Å². The summed E-state index contributed by atoms with van der Waals surface area (Å²) in [5.41, 5.74) is 8.24. The van der Waals surface area contributed by atoms with Crippen molar-refractivity contribution in [1.82, 2.24) is 4.98 Å². The normalized spacial score (nSPS) is 11.1. The van der Waals surface area contributed by atoms with Gasteiger partial charge in [0.1, 0.15) is 0 Å². The molecule has 2 aromatic rings. The molecule has 0 atom stereocenters. The second-order valence-corrected chi connectivity index (χ2v) is 8.44. The summed E-state index contributed by atoms with van der Waals surface area (Å²) in [6.45, 7) is 2.28. The van der Waals surface area contributed by atoms with Crippen LogP contribution in [0.5, 0.6) is 0 Å². The number of aromatic nitrogens is 1. The first-order valence-corrected chi connectivity index (χ1v) is 11.4. The van der Waals surface area contributed by atoms with Crippen molar-refractivity contribution in [2.75, 3.05) is 5.73 Å². The van der Waals surface area contributed by atoms with Crippen LogP contribution in [0.4, 0.5) is 5.13 Å². The molecule has 0 saturated heterocycles. The van der Waals surface area contributed by atoms with Gasteiger partial charge >= 0.3 is 0 Å². The Kier molecular flexibility index (Phi) is 10.4. The molecule has 26 heavy (non-hydrogen) atoms. The molecule has 2 N–H and O–H groups in total. The smallest absolute Gasteiger partial charge is 0.180 e. The van der Waals surface area contributed by atoms with Gasteiger partial charge in [-0.05, 0) is 12.8 Å². The second-order valence-electron chi connectivity index (χ2n) is 7.33. The minimum Gasteiger partial charge on any atom is -0.375 e. The van der Waals surface area contributed by atoms with Crippen LogP contribution in [0.15, 0.2) is 30.3 Å². The molecule has 144 valence electrons. The molecule has 0 aliphatic rings. The summed E-state index contributed by atoms with van der Waals surface area (Å²) in [5, 5.41) is 0.692. The van der Waals surface area contributed by atoms with Crippen molar-refractivity contribution in [3.8, 4) is 11.3 Å². The van der Waals surface area contributed by atoms with Gasteiger partial charge in [0.2, 0.25) is 0 Å². The van der Waals surface area contributed by atoms with Crippen LogP contribution in [0.1, 0.15) is 88.9 Å². The topological polar surface area (TPSA) is 38.9 Å². The van der Waals surface area contributed by atoms with Crippen LogP contribution in [0, 0.1) is 0 Å². The summed E-state index contributed by atoms with van der Waals surface area (Å²) in [5.74, 6) is 0. The minimum atomic E-state index is 0.692. The summed E-state index contributed by atoms with van der Waals surface area (Å²) in [4.78, 5) is 5.90. The van der Waals surface area contributed by atoms with E-state index in [0.717, 1.165) is 12.1 Å². The zero-order valence-electron chi connectivity index (χ0n) is 16.5. The SMILES string of the molecule is CCCCCCCCCCCCCCc1sc(N)nc1-c1ccccc1. The monoisotopic (exact) mass is 372 g/mol. The molecule has 1 aromatic carbocycles. The van der Waals surface area contributed by atoms with Crippen molar-refractivity contribution in [2.45, 2.75) is 90.4 Å². The first-order chi connectivity index (χ1) is 12.8. The lowest BCUT2D eigenvalue weighted by Gasteiger charge is -2.04. The number of anilines is 1. The molecule has 0 aliphatic carbocycles. The molecule has 0 unspecified atom stereocenters. The molecule has 0 saturated carbocycles. The third-order valence-electron chi connectivity index (χ3n) is 5.02. The van der Waals surface area contributed by atoms with E-state index in [1.165, 1.54) is 87.5 Å². The maximum atomic E-state index is 5.96. The Bertz CT molecular complexity index is 592. The number of nitrogens with zero attached hydrogens (tertiary/aromatic N) is 1. The maximum Gasteiger partial charge on any atom is 0.180 e. The number of aryl methyl sites for hydroxylation is 1. The Hall–Kier alpha value is -1.35. The average Bonchev–Trinajstić information content (AvgIpc) is 3.04. The second kappa shape index (κ2) is 12.9. The fraction of sp³-hybridized carbons (Fsp3) is 0.609. The van der Waals surface area contributed by atoms with Gasteiger partial charge in [-0.1, -0.05) is 108 Å². The lowest BCUT2D eigenvalue weighted by Crippen LogP contribution is -1.88. The third kappa shape index (κ3) is 7.90. The standard InChI is InChI=1S/C23H36N2S/c1-2-3-4-5-6-7-8-9-10-11-12-16-19-21-22(25-23(24)26-21)20-17-14-13-15-18-20/h13-15,17-18H,2-12,16,19H2,1H3,(H2,24,25). The van der Waals surface area contributed by atoms with Crippen LogP contribution in [0.25, 0.3) is 11.3 Å². The van der Waals surface area contributed by atoms with Crippen molar-refractivity contribution in [2.24, 2.45) is 0 Å². The predicted molar refractivity (Wildman–Crippen MR) is 117 cm³/mol. The molecule has 0 bridgehead atoms. The van der Waals surface area contributed by atoms with Crippen molar-refractivity contribution >= 4 is 16.5 Å². The zero-order valence-corrected chi connectivity index (χ0v) is 17.3. The van der Waals surface area contributed by atoms with E-state index in [0.29, 0.717) is 5.13 Å². The number of rotatable bonds is 14. The van der Waals surface area contributed by atoms with Crippen LogP contribution in [0.2, 0.25) is 0 Å². The largest absolute Gasteiger partial charge is 0.375 e. The van der Waals surface area contributed by atoms with Gasteiger partial charge in [-0.15, -0.1) is 11.3 Å². The Morgan fingerprint density at radius 1 is 0.769 bits per heavy atom. The number of unbranched alkanes of at least 4 members (excludes halogenated alkanes) is 11. The lowest BCUT2D eigenvalue weighted by molar-refractivity contribution is 0.544. The highest BCUT2D eigenvalue weighted by atomic mass is 32.1. The highest BCUT2D eigenvalue weighted by molar-refractivity contribution is 7.15. The van der Waals surface area contributed by atoms with E-state index in [4.69, 9.17) is 5.73 Å². The van der Waals surface area contributed by atoms with Gasteiger partial charge in [-0.25, -0.2) is 4.98 Å². The maximum absolute atomic E-state index is 5.96. The molecular formula is C23H36N2S. The number of nitrogens with two attached hydrogens (primary N) is 1. The summed E-state index contributed by atoms with van der Waals surface area (Å²) >= 11 is 1.66. The number of benzene rings is 1. The Morgan fingerprint density at radius 2 is 1.31 bits per heavy atom. The quantitative estimate of drug-likeness (QED) is 0.346. The van der Waals surface area contributed by atoms with E-state index >= 15 is 0 Å². The molecule has 1 heterocycles. The molecule has 3 heteroatoms. The van der Waals surface area contributed by atoms with Crippen LogP contribution in [-0.2, 0) is 6.42 Å². The molecular weight excluding hydrogens is 336 g/mol. The number of nitrogen functional groups attached to an aromatic ring is 1. The van der Waals surface area contributed by atoms with Gasteiger partial charge in [-0.3, -0.25) is 0 Å². The fourth-order valence-electron chi connectivity index (χ4n) is 3.49. The zero-order chi connectivity index (χ0) is 18.5. The van der Waals surface area contributed by atoms with Gasteiger partial charge in [0.05, 0.1) is 5.69 Å². The van der Waals surface area contributed by atoms with E-state index < -0.39 is 0 Å². The number of hydrogen-bond acceptors (Lipinski definition) is 3. The fourth-order valence-corrected chi connectivity index (χ4v) is 4.38. The van der Waals surface area contributed by atoms with Gasteiger partial charge in [0.15, 0.2) is 5.13 Å². The van der Waals surface area contributed by atoms with E-state index in [9.17, 15) is 0 Å². The summed E-state index contributed by atoms with van der Waals surface area (Å²) in [6, 6.07) is 10.4. The van der Waals surface area contributed by atoms with Crippen LogP contribution < -0.4 is 5.73 Å². The number of hydrogen-bond donors (Lipinski definition) is 1. The van der Waals surface area contributed by atoms with Crippen molar-refractivity contribution in [3.05, 3.63) is 35.2 Å². The summed E-state index contributed by atoms with van der Waals surface area (Å²) in [6.07, 6.45) is 17.8. The van der Waals surface area contributed by atoms with E-state index in [-0.39, 0.29) is 0 Å². The highest BCUT2D eigenvalue weighted by Gasteiger charge is 2.11. The van der Waals surface area contributed by atoms with Crippen LogP contribution in [0.3, 0.4) is 0 Å². The minimum absolute atomic E-state index is 0.692. The molecule has 0 aliphatic heterocycles. The van der Waals surface area contributed by atoms with Crippen molar-refractivity contribution in [1.29, 1.82) is 0 Å². The molecule has 2 nitrogen and oxygen atoms in total. The van der Waals surface area contributed by atoms with Crippen molar-refractivity contribution < 1.29 is 0 Å². The van der Waals surface area contributed by atoms with Crippen LogP contribution in [-0.4, -0.2) is 4.98 Å². The summed E-state index contributed by atoms with van der Waals surface area (Å²) in [7, 11) is 0. The average molecular weight is 373 g/mol. The lowest BCUT2D eigenvalue weighted by atomic mass is 10.0. The van der Waals surface area contributed by atoms with E-state index in [2.05, 4.69) is 36.2 Å². The van der Waals surface area contributed by atoms with Gasteiger partial charge in [0.25, 0.3) is 0 Å². The summed E-state index contributed by atoms with van der Waals surface area (Å²) < 4.78 is 0. The van der Waals surface area contributed by atoms with E-state index in [1.54, 1.807) is 11.3 Å². The molecule has 2 rings (SSSR count). The first kappa shape index (κ1) is 21.0. The van der Waals surface area contributed by atoms with E-state index in [1.807, 2.05) is 6.07 Å². The highest BCUT2D eigenvalue weighted by Crippen LogP contribution is 2.31.